The minimum atomic E-state index is 1.22. The van der Waals surface area contributed by atoms with Gasteiger partial charge in [0, 0.05) is 5.38 Å². The number of rotatable bonds is 0. The molecular weight excluding hydrogens is 108 g/mol. The van der Waals surface area contributed by atoms with Gasteiger partial charge in [-0.15, -0.1) is 0 Å². The zero-order chi connectivity index (χ0) is 4.69. The van der Waals surface area contributed by atoms with Gasteiger partial charge < -0.3 is 0 Å². The van der Waals surface area contributed by atoms with E-state index in [1.54, 1.807) is 11.5 Å². The molecule has 0 aliphatic carbocycles. The van der Waals surface area contributed by atoms with Crippen LogP contribution in [0.5, 0.6) is 0 Å². The van der Waals surface area contributed by atoms with Crippen molar-refractivity contribution in [1.29, 1.82) is 0 Å². The number of hydrogen-bond acceptors (Lipinski definition) is 1. The molecule has 0 fully saturated rings. The van der Waals surface area contributed by atoms with Gasteiger partial charge in [0.1, 0.15) is 0 Å². The van der Waals surface area contributed by atoms with Crippen LogP contribution in [-0.4, -0.2) is 9.17 Å². The van der Waals surface area contributed by atoms with Crippen molar-refractivity contribution in [3.8, 4) is 5.82 Å². The average molecular weight is 112 g/mol. The van der Waals surface area contributed by atoms with Crippen molar-refractivity contribution >= 4 is 11.5 Å². The van der Waals surface area contributed by atoms with E-state index in [0.717, 1.165) is 0 Å². The lowest BCUT2D eigenvalue weighted by Crippen LogP contribution is -1.60. The van der Waals surface area contributed by atoms with E-state index >= 15 is 0 Å². The Hall–Kier alpha value is -0.700. The van der Waals surface area contributed by atoms with Crippen molar-refractivity contribution < 1.29 is 0 Å². The van der Waals surface area contributed by atoms with Gasteiger partial charge in [-0.2, -0.15) is 4.07 Å². The summed E-state index contributed by atoms with van der Waals surface area (Å²) in [6.07, 6.45) is 0. The van der Waals surface area contributed by atoms with Crippen molar-refractivity contribution in [3.05, 3.63) is 17.5 Å². The summed E-state index contributed by atoms with van der Waals surface area (Å²) in [6, 6.07) is 4.06. The minimum Gasteiger partial charge on any atom is -0.266 e. The summed E-state index contributed by atoms with van der Waals surface area (Å²) in [6.45, 7) is 0. The highest BCUT2D eigenvalue weighted by molar-refractivity contribution is 7.04. The van der Waals surface area contributed by atoms with Crippen LogP contribution in [0.15, 0.2) is 17.5 Å². The van der Waals surface area contributed by atoms with Gasteiger partial charge in [-0.05, 0) is 23.7 Å². The summed E-state index contributed by atoms with van der Waals surface area (Å²) in [5.74, 6) is 1.22. The van der Waals surface area contributed by atoms with Crippen LogP contribution >= 0.6 is 11.5 Å². The van der Waals surface area contributed by atoms with Crippen LogP contribution in [0.3, 0.4) is 0 Å². The molecule has 0 unspecified atom stereocenters. The van der Waals surface area contributed by atoms with Gasteiger partial charge in [0.2, 0.25) is 0 Å². The number of aromatic nitrogens is 2. The summed E-state index contributed by atoms with van der Waals surface area (Å²) in [4.78, 5) is 0. The Morgan fingerprint density at radius 1 is 1.71 bits per heavy atom. The quantitative estimate of drug-likeness (QED) is 0.530. The highest BCUT2D eigenvalue weighted by Gasteiger charge is 2.02. The Bertz CT molecular complexity index is 194. The van der Waals surface area contributed by atoms with Crippen LogP contribution in [0.25, 0.3) is 5.82 Å². The monoisotopic (exact) mass is 112 g/mol. The normalized spacial score (nSPS) is 10.9. The molecule has 0 radical (unpaired) electrons. The molecule has 0 bridgehead atoms. The number of H-pyrrole nitrogens is 1. The van der Waals surface area contributed by atoms with Crippen molar-refractivity contribution in [2.24, 2.45) is 0 Å². The lowest BCUT2D eigenvalue weighted by atomic mass is 10.6. The SMILES string of the molecule is c1csn2[nH]c-2c1. The maximum Gasteiger partial charge on any atom is 0.156 e. The summed E-state index contributed by atoms with van der Waals surface area (Å²) < 4.78 is 2.00. The molecule has 3 heteroatoms. The van der Waals surface area contributed by atoms with Gasteiger partial charge in [-0.3, -0.25) is 5.10 Å². The predicted octanol–water partition coefficient (Wildman–Crippen LogP) is 1.30. The van der Waals surface area contributed by atoms with Crippen LogP contribution in [0.2, 0.25) is 0 Å². The fourth-order valence-corrected chi connectivity index (χ4v) is 1.08. The summed E-state index contributed by atoms with van der Waals surface area (Å²) in [5, 5.41) is 5.06. The van der Waals surface area contributed by atoms with E-state index < -0.39 is 0 Å². The Balaban J connectivity index is 2.79. The van der Waals surface area contributed by atoms with E-state index in [1.807, 2.05) is 21.6 Å². The molecule has 0 saturated carbocycles. The standard InChI is InChI=1S/C4H4N2S/c1-2-4-5-6(4)7-3-1/h1-3,5H. The van der Waals surface area contributed by atoms with Crippen LogP contribution in [0.1, 0.15) is 0 Å². The second-order valence-electron chi connectivity index (χ2n) is 1.39. The van der Waals surface area contributed by atoms with E-state index in [-0.39, 0.29) is 0 Å². The third-order valence-electron chi connectivity index (χ3n) is 0.884. The molecule has 0 spiro atoms. The summed E-state index contributed by atoms with van der Waals surface area (Å²) in [7, 11) is 0. The number of fused-ring (bicyclic) bond motifs is 1. The Morgan fingerprint density at radius 2 is 2.71 bits per heavy atom. The first-order valence-corrected chi connectivity index (χ1v) is 2.91. The van der Waals surface area contributed by atoms with E-state index in [9.17, 15) is 0 Å². The van der Waals surface area contributed by atoms with E-state index in [2.05, 4.69) is 5.10 Å². The zero-order valence-electron chi connectivity index (χ0n) is 3.59. The first kappa shape index (κ1) is 3.32. The summed E-state index contributed by atoms with van der Waals surface area (Å²) in [5.41, 5.74) is 0. The first-order chi connectivity index (χ1) is 3.47. The fourth-order valence-electron chi connectivity index (χ4n) is 0.494. The molecule has 0 aromatic carbocycles. The Kier molecular flexibility index (Phi) is 0.438. The fraction of sp³-hybridized carbons (Fsp3) is 0. The maximum atomic E-state index is 3.03. The lowest BCUT2D eigenvalue weighted by Gasteiger charge is -1.73. The first-order valence-electron chi connectivity index (χ1n) is 2.07. The third-order valence-corrected chi connectivity index (χ3v) is 1.66. The average Bonchev–Trinajstić information content (AvgIpc) is 2.41. The largest absolute Gasteiger partial charge is 0.266 e. The van der Waals surface area contributed by atoms with Gasteiger partial charge in [0.05, 0.1) is 0 Å². The second kappa shape index (κ2) is 0.924. The molecule has 36 valence electrons. The smallest absolute Gasteiger partial charge is 0.156 e. The van der Waals surface area contributed by atoms with Gasteiger partial charge in [-0.1, -0.05) is 0 Å². The molecule has 0 amide bonds. The van der Waals surface area contributed by atoms with Gasteiger partial charge in [0.25, 0.3) is 0 Å². The molecule has 2 aliphatic heterocycles. The topological polar surface area (TPSA) is 20.7 Å². The van der Waals surface area contributed by atoms with E-state index in [1.165, 1.54) is 5.82 Å². The Morgan fingerprint density at radius 3 is 3.29 bits per heavy atom. The summed E-state index contributed by atoms with van der Waals surface area (Å²) >= 11 is 1.67. The van der Waals surface area contributed by atoms with Crippen molar-refractivity contribution in [2.45, 2.75) is 0 Å². The molecule has 0 atom stereocenters. The van der Waals surface area contributed by atoms with E-state index in [4.69, 9.17) is 0 Å². The highest BCUT2D eigenvalue weighted by atomic mass is 32.1. The van der Waals surface area contributed by atoms with Crippen molar-refractivity contribution in [2.75, 3.05) is 0 Å². The molecule has 2 nitrogen and oxygen atoms in total. The molecular formula is C4H4N2S. The lowest BCUT2D eigenvalue weighted by molar-refractivity contribution is 1.29. The van der Waals surface area contributed by atoms with Gasteiger partial charge in [-0.25, -0.2) is 0 Å². The van der Waals surface area contributed by atoms with Crippen LogP contribution in [0, 0.1) is 0 Å². The molecule has 1 N–H and O–H groups in total. The molecule has 0 aromatic heterocycles. The minimum absolute atomic E-state index is 1.22. The number of aromatic amines is 1. The number of nitrogens with zero attached hydrogens (tertiary/aromatic N) is 1. The number of hydrogen-bond donors (Lipinski definition) is 1. The van der Waals surface area contributed by atoms with Crippen molar-refractivity contribution in [3.63, 3.8) is 0 Å². The van der Waals surface area contributed by atoms with Crippen LogP contribution in [0.4, 0.5) is 0 Å². The molecule has 2 heterocycles. The van der Waals surface area contributed by atoms with Gasteiger partial charge >= 0.3 is 0 Å². The zero-order valence-corrected chi connectivity index (χ0v) is 4.40. The molecule has 0 aromatic rings. The maximum absolute atomic E-state index is 3.03. The van der Waals surface area contributed by atoms with Crippen LogP contribution in [-0.2, 0) is 0 Å². The van der Waals surface area contributed by atoms with Crippen molar-refractivity contribution in [1.82, 2.24) is 9.17 Å². The molecule has 7 heavy (non-hydrogen) atoms. The molecule has 0 saturated heterocycles. The van der Waals surface area contributed by atoms with Crippen LogP contribution < -0.4 is 0 Å². The van der Waals surface area contributed by atoms with E-state index in [0.29, 0.717) is 0 Å². The molecule has 2 aliphatic rings. The predicted molar refractivity (Wildman–Crippen MR) is 29.2 cm³/mol. The van der Waals surface area contributed by atoms with Gasteiger partial charge in [0.15, 0.2) is 5.82 Å². The third kappa shape index (κ3) is 0.381. The second-order valence-corrected chi connectivity index (χ2v) is 2.24. The number of nitrogens with one attached hydrogen (secondary N) is 1. The Labute approximate surface area is 44.8 Å². The molecule has 2 rings (SSSR count). The highest BCUT2D eigenvalue weighted by Crippen LogP contribution is 2.13.